The van der Waals surface area contributed by atoms with Gasteiger partial charge in [-0.1, -0.05) is 18.2 Å². The Labute approximate surface area is 148 Å². The highest BCUT2D eigenvalue weighted by molar-refractivity contribution is 5.57. The van der Waals surface area contributed by atoms with E-state index in [-0.39, 0.29) is 12.6 Å². The van der Waals surface area contributed by atoms with Gasteiger partial charge in [-0.2, -0.15) is 0 Å². The van der Waals surface area contributed by atoms with Crippen LogP contribution in [0.3, 0.4) is 0 Å². The fraction of sp³-hybridized carbons (Fsp3) is 0.474. The summed E-state index contributed by atoms with van der Waals surface area (Å²) in [5, 5.41) is 13.2. The number of hydrogen-bond acceptors (Lipinski definition) is 6. The number of rotatable bonds is 3. The summed E-state index contributed by atoms with van der Waals surface area (Å²) in [6.07, 6.45) is 5.00. The number of aliphatic hydroxyl groups is 1. The van der Waals surface area contributed by atoms with Gasteiger partial charge >= 0.3 is 0 Å². The Hall–Kier alpha value is -2.34. The lowest BCUT2D eigenvalue weighted by Crippen LogP contribution is -2.42. The Balaban J connectivity index is 1.59. The van der Waals surface area contributed by atoms with E-state index in [2.05, 4.69) is 55.4 Å². The molecule has 0 aliphatic carbocycles. The van der Waals surface area contributed by atoms with Crippen LogP contribution in [0.4, 0.5) is 17.3 Å². The van der Waals surface area contributed by atoms with Crippen LogP contribution in [0.2, 0.25) is 0 Å². The Kier molecular flexibility index (Phi) is 4.70. The van der Waals surface area contributed by atoms with Crippen molar-refractivity contribution >= 4 is 17.3 Å². The number of hydrogen-bond donors (Lipinski definition) is 2. The normalized spacial score (nSPS) is 20.6. The Bertz CT molecular complexity index is 722. The highest BCUT2D eigenvalue weighted by Crippen LogP contribution is 2.27. The standard InChI is InChI=1S/C19H25N5O/c25-13-16-6-3-4-9-24(16)19-11-18(21-14-22-19)23-10-8-20-17-7-2-1-5-15(17)12-23/h1-2,5,7,11,14,16,20,25H,3-4,6,8-10,12-13H2/t16-/m1/s1. The summed E-state index contributed by atoms with van der Waals surface area (Å²) in [6.45, 7) is 3.75. The Morgan fingerprint density at radius 2 is 2.00 bits per heavy atom. The van der Waals surface area contributed by atoms with Crippen LogP contribution in [0.15, 0.2) is 36.7 Å². The molecule has 1 atom stereocenters. The maximum atomic E-state index is 9.68. The summed E-state index contributed by atoms with van der Waals surface area (Å²) >= 11 is 0. The molecule has 0 unspecified atom stereocenters. The summed E-state index contributed by atoms with van der Waals surface area (Å²) in [5.74, 6) is 1.88. The second-order valence-corrected chi connectivity index (χ2v) is 6.77. The van der Waals surface area contributed by atoms with Gasteiger partial charge < -0.3 is 20.2 Å². The van der Waals surface area contributed by atoms with Crippen LogP contribution in [0.1, 0.15) is 24.8 Å². The lowest BCUT2D eigenvalue weighted by molar-refractivity contribution is 0.239. The molecule has 6 heteroatoms. The van der Waals surface area contributed by atoms with Crippen molar-refractivity contribution in [2.45, 2.75) is 31.8 Å². The number of anilines is 3. The average molecular weight is 339 g/mol. The molecule has 2 aliphatic rings. The minimum atomic E-state index is 0.169. The highest BCUT2D eigenvalue weighted by atomic mass is 16.3. The lowest BCUT2D eigenvalue weighted by atomic mass is 10.0. The summed E-state index contributed by atoms with van der Waals surface area (Å²) in [4.78, 5) is 13.5. The van der Waals surface area contributed by atoms with Gasteiger partial charge in [-0.15, -0.1) is 0 Å². The van der Waals surface area contributed by atoms with E-state index in [0.717, 1.165) is 50.7 Å². The van der Waals surface area contributed by atoms with Crippen LogP contribution >= 0.6 is 0 Å². The smallest absolute Gasteiger partial charge is 0.134 e. The third-order valence-electron chi connectivity index (χ3n) is 5.17. The van der Waals surface area contributed by atoms with Gasteiger partial charge in [0, 0.05) is 37.9 Å². The minimum absolute atomic E-state index is 0.169. The van der Waals surface area contributed by atoms with Crippen molar-refractivity contribution in [1.29, 1.82) is 0 Å². The molecule has 3 heterocycles. The number of para-hydroxylation sites is 1. The summed E-state index contributed by atoms with van der Waals surface area (Å²) in [5.41, 5.74) is 2.49. The maximum absolute atomic E-state index is 9.68. The van der Waals surface area contributed by atoms with E-state index in [1.165, 1.54) is 17.7 Å². The predicted molar refractivity (Wildman–Crippen MR) is 100 cm³/mol. The first kappa shape index (κ1) is 16.1. The molecule has 2 N–H and O–H groups in total. The van der Waals surface area contributed by atoms with E-state index in [1.54, 1.807) is 6.33 Å². The maximum Gasteiger partial charge on any atom is 0.134 e. The molecule has 1 fully saturated rings. The summed E-state index contributed by atoms with van der Waals surface area (Å²) in [7, 11) is 0. The van der Waals surface area contributed by atoms with Crippen molar-refractivity contribution < 1.29 is 5.11 Å². The third kappa shape index (κ3) is 3.39. The molecule has 4 rings (SSSR count). The summed E-state index contributed by atoms with van der Waals surface area (Å²) in [6, 6.07) is 10.7. The molecule has 1 aromatic heterocycles. The molecule has 6 nitrogen and oxygen atoms in total. The summed E-state index contributed by atoms with van der Waals surface area (Å²) < 4.78 is 0. The zero-order chi connectivity index (χ0) is 17.1. The lowest BCUT2D eigenvalue weighted by Gasteiger charge is -2.36. The van der Waals surface area contributed by atoms with Crippen LogP contribution in [0.25, 0.3) is 0 Å². The molecule has 1 saturated heterocycles. The first-order valence-electron chi connectivity index (χ1n) is 9.11. The number of benzene rings is 1. The van der Waals surface area contributed by atoms with Gasteiger partial charge in [0.25, 0.3) is 0 Å². The fourth-order valence-corrected chi connectivity index (χ4v) is 3.80. The SMILES string of the molecule is OC[C@H]1CCCCN1c1cc(N2CCNc3ccccc3C2)ncn1. The van der Waals surface area contributed by atoms with Gasteiger partial charge in [-0.3, -0.25) is 0 Å². The van der Waals surface area contributed by atoms with Gasteiger partial charge in [-0.05, 0) is 30.9 Å². The molecule has 0 saturated carbocycles. The molecular formula is C19H25N5O. The zero-order valence-electron chi connectivity index (χ0n) is 14.4. The van der Waals surface area contributed by atoms with Crippen molar-refractivity contribution in [3.63, 3.8) is 0 Å². The van der Waals surface area contributed by atoms with Gasteiger partial charge in [0.2, 0.25) is 0 Å². The van der Waals surface area contributed by atoms with E-state index in [1.807, 2.05) is 0 Å². The van der Waals surface area contributed by atoms with E-state index < -0.39 is 0 Å². The van der Waals surface area contributed by atoms with E-state index in [0.29, 0.717) is 0 Å². The first-order valence-corrected chi connectivity index (χ1v) is 9.11. The topological polar surface area (TPSA) is 64.5 Å². The van der Waals surface area contributed by atoms with E-state index in [4.69, 9.17) is 0 Å². The number of piperidine rings is 1. The molecule has 0 bridgehead atoms. The molecular weight excluding hydrogens is 314 g/mol. The van der Waals surface area contributed by atoms with Gasteiger partial charge in [-0.25, -0.2) is 9.97 Å². The molecule has 0 spiro atoms. The van der Waals surface area contributed by atoms with Crippen molar-refractivity contribution in [2.75, 3.05) is 41.4 Å². The van der Waals surface area contributed by atoms with Gasteiger partial charge in [0.05, 0.1) is 12.6 Å². The van der Waals surface area contributed by atoms with E-state index in [9.17, 15) is 5.11 Å². The number of nitrogens with zero attached hydrogens (tertiary/aromatic N) is 4. The second-order valence-electron chi connectivity index (χ2n) is 6.77. The number of nitrogens with one attached hydrogen (secondary N) is 1. The van der Waals surface area contributed by atoms with Crippen molar-refractivity contribution in [2.24, 2.45) is 0 Å². The number of fused-ring (bicyclic) bond motifs is 1. The Morgan fingerprint density at radius 3 is 2.92 bits per heavy atom. The quantitative estimate of drug-likeness (QED) is 0.894. The van der Waals surface area contributed by atoms with E-state index >= 15 is 0 Å². The number of aliphatic hydroxyl groups excluding tert-OH is 1. The van der Waals surface area contributed by atoms with Crippen LogP contribution in [-0.2, 0) is 6.54 Å². The molecule has 0 amide bonds. The number of aromatic nitrogens is 2. The third-order valence-corrected chi connectivity index (χ3v) is 5.17. The molecule has 25 heavy (non-hydrogen) atoms. The van der Waals surface area contributed by atoms with Crippen molar-refractivity contribution in [3.8, 4) is 0 Å². The van der Waals surface area contributed by atoms with Crippen molar-refractivity contribution in [1.82, 2.24) is 9.97 Å². The highest BCUT2D eigenvalue weighted by Gasteiger charge is 2.24. The molecule has 132 valence electrons. The largest absolute Gasteiger partial charge is 0.394 e. The molecule has 0 radical (unpaired) electrons. The predicted octanol–water partition coefficient (Wildman–Crippen LogP) is 2.26. The first-order chi connectivity index (χ1) is 12.3. The van der Waals surface area contributed by atoms with Crippen LogP contribution < -0.4 is 15.1 Å². The fourth-order valence-electron chi connectivity index (χ4n) is 3.80. The molecule has 2 aliphatic heterocycles. The second kappa shape index (κ2) is 7.27. The van der Waals surface area contributed by atoms with Crippen molar-refractivity contribution in [3.05, 3.63) is 42.2 Å². The average Bonchev–Trinajstić information content (AvgIpc) is 2.90. The minimum Gasteiger partial charge on any atom is -0.394 e. The zero-order valence-corrected chi connectivity index (χ0v) is 14.4. The van der Waals surface area contributed by atoms with Gasteiger partial charge in [0.15, 0.2) is 0 Å². The molecule has 1 aromatic carbocycles. The van der Waals surface area contributed by atoms with Crippen LogP contribution in [-0.4, -0.2) is 47.4 Å². The van der Waals surface area contributed by atoms with Crippen LogP contribution in [0, 0.1) is 0 Å². The van der Waals surface area contributed by atoms with Crippen LogP contribution in [0.5, 0.6) is 0 Å². The van der Waals surface area contributed by atoms with Gasteiger partial charge in [0.1, 0.15) is 18.0 Å². The molecule has 2 aromatic rings. The monoisotopic (exact) mass is 339 g/mol. The Morgan fingerprint density at radius 1 is 1.12 bits per heavy atom.